The minimum atomic E-state index is -0.924. The van der Waals surface area contributed by atoms with Gasteiger partial charge in [0, 0.05) is 92.0 Å². The van der Waals surface area contributed by atoms with E-state index in [2.05, 4.69) is 38.5 Å². The second-order valence-corrected chi connectivity index (χ2v) is 23.3. The lowest BCUT2D eigenvalue weighted by Crippen LogP contribution is -2.55. The van der Waals surface area contributed by atoms with E-state index < -0.39 is 24.1 Å². The monoisotopic (exact) mass is 1200 g/mol. The normalized spacial score (nSPS) is 16.4. The van der Waals surface area contributed by atoms with Gasteiger partial charge in [-0.15, -0.1) is 11.3 Å². The first-order chi connectivity index (χ1) is 41.6. The smallest absolute Gasteiger partial charge is 0.255 e. The Morgan fingerprint density at radius 2 is 1.50 bits per heavy atom. The number of carbonyl (C=O) groups excluding carboxylic acids is 4. The molecule has 0 unspecified atom stereocenters. The number of likely N-dealkylation sites (tertiary alicyclic amines) is 1. The minimum Gasteiger partial charge on any atom is -0.491 e. The molecule has 0 bridgehead atoms. The first-order valence-electron chi connectivity index (χ1n) is 29.8. The lowest BCUT2D eigenvalue weighted by molar-refractivity contribution is -0.143. The van der Waals surface area contributed by atoms with E-state index in [-0.39, 0.29) is 74.5 Å². The molecule has 0 aliphatic carbocycles. The number of anilines is 1. The fourth-order valence-corrected chi connectivity index (χ4v) is 12.5. The summed E-state index contributed by atoms with van der Waals surface area (Å²) >= 11 is 1.52. The molecule has 19 nitrogen and oxygen atoms in total. The minimum absolute atomic E-state index is 0.0102. The van der Waals surface area contributed by atoms with E-state index in [0.29, 0.717) is 87.6 Å². The van der Waals surface area contributed by atoms with E-state index in [1.165, 1.54) is 16.2 Å². The van der Waals surface area contributed by atoms with E-state index in [4.69, 9.17) is 28.4 Å². The number of benzene rings is 4. The Labute approximate surface area is 507 Å². The number of hydrogen-bond donors (Lipinski definition) is 4. The number of aromatic amines is 1. The van der Waals surface area contributed by atoms with Gasteiger partial charge in [-0.05, 0) is 129 Å². The summed E-state index contributed by atoms with van der Waals surface area (Å²) in [4.78, 5) is 82.2. The maximum Gasteiger partial charge on any atom is 0.255 e. The van der Waals surface area contributed by atoms with Gasteiger partial charge in [-0.3, -0.25) is 24.0 Å². The maximum absolute atomic E-state index is 14.3. The van der Waals surface area contributed by atoms with Crippen LogP contribution in [0.4, 0.5) is 5.69 Å². The molecule has 5 heterocycles. The number of nitrogens with zero attached hydrogens (tertiary/aromatic N) is 4. The number of hydrogen-bond acceptors (Lipinski definition) is 15. The lowest BCUT2D eigenvalue weighted by atomic mass is 9.95. The molecular weight excluding hydrogens is 1110 g/mol. The fraction of sp³-hybridized carbons (Fsp3) is 0.455. The third-order valence-corrected chi connectivity index (χ3v) is 17.2. The molecule has 20 heteroatoms. The molecule has 2 fully saturated rings. The van der Waals surface area contributed by atoms with E-state index in [1.54, 1.807) is 22.5 Å². The van der Waals surface area contributed by atoms with Crippen molar-refractivity contribution < 1.29 is 52.7 Å². The van der Waals surface area contributed by atoms with Gasteiger partial charge in [0.2, 0.25) is 11.8 Å². The predicted molar refractivity (Wildman–Crippen MR) is 330 cm³/mol. The zero-order chi connectivity index (χ0) is 60.9. The zero-order valence-corrected chi connectivity index (χ0v) is 51.2. The Balaban J connectivity index is 0.708. The largest absolute Gasteiger partial charge is 0.491 e. The van der Waals surface area contributed by atoms with Crippen LogP contribution in [0.5, 0.6) is 11.5 Å². The average molecular weight is 1200 g/mol. The molecule has 86 heavy (non-hydrogen) atoms. The summed E-state index contributed by atoms with van der Waals surface area (Å²) in [5.74, 6) is -0.228. The van der Waals surface area contributed by atoms with Crippen LogP contribution in [-0.2, 0) is 48.2 Å². The highest BCUT2D eigenvalue weighted by Gasteiger charge is 2.46. The first-order valence-corrected chi connectivity index (χ1v) is 30.7. The van der Waals surface area contributed by atoms with Gasteiger partial charge in [0.1, 0.15) is 36.8 Å². The molecule has 3 atom stereocenters. The Hall–Kier alpha value is -7.46. The second-order valence-electron chi connectivity index (χ2n) is 22.5. The number of ether oxygens (including phenoxy) is 6. The van der Waals surface area contributed by atoms with Crippen molar-refractivity contribution in [1.82, 2.24) is 30.4 Å². The van der Waals surface area contributed by atoms with Gasteiger partial charge >= 0.3 is 0 Å². The number of fused-ring (bicyclic) bond motifs is 1. The van der Waals surface area contributed by atoms with Crippen molar-refractivity contribution in [3.05, 3.63) is 151 Å². The topological polar surface area (TPSA) is 223 Å². The number of aliphatic hydroxyl groups excluding tert-OH is 1. The molecule has 458 valence electrons. The zero-order valence-electron chi connectivity index (χ0n) is 50.4. The number of H-pyrrole nitrogens is 1. The molecular formula is C66H81N7O12S. The highest BCUT2D eigenvalue weighted by Crippen LogP contribution is 2.36. The van der Waals surface area contributed by atoms with Crippen molar-refractivity contribution >= 4 is 40.7 Å². The van der Waals surface area contributed by atoms with Crippen LogP contribution in [0.2, 0.25) is 0 Å². The van der Waals surface area contributed by atoms with Gasteiger partial charge in [-0.25, -0.2) is 4.98 Å². The van der Waals surface area contributed by atoms with Crippen molar-refractivity contribution in [2.45, 2.75) is 112 Å². The number of thiazole rings is 1. The Bertz CT molecular complexity index is 3380. The van der Waals surface area contributed by atoms with Crippen LogP contribution in [0.1, 0.15) is 100.0 Å². The van der Waals surface area contributed by atoms with Gasteiger partial charge in [0.25, 0.3) is 17.4 Å². The number of pyridine rings is 1. The van der Waals surface area contributed by atoms with E-state index in [1.807, 2.05) is 108 Å². The van der Waals surface area contributed by atoms with Gasteiger partial charge in [-0.1, -0.05) is 56.3 Å². The molecule has 9 rings (SSSR count). The molecule has 3 aliphatic rings. The van der Waals surface area contributed by atoms with E-state index >= 15 is 0 Å². The number of amides is 4. The SMILES string of the molecule is CCN(c1cc(-c2ccc(OCCOCCOCCOCCOc3cc(-c4scnc4C)ccc3CNC(=O)[C@@H]3C[C@@H](O)CN3C(=O)[C@H](C(C)C)N3Cc4ccccc4C3=O)cc2)cc(C(=O)NCc2c(C)cc(C)[nH]c2=O)c1C)C1CCOCC1. The summed E-state index contributed by atoms with van der Waals surface area (Å²) in [6.45, 7) is 18.9. The van der Waals surface area contributed by atoms with Crippen molar-refractivity contribution in [3.8, 4) is 33.1 Å². The summed E-state index contributed by atoms with van der Waals surface area (Å²) in [5, 5.41) is 16.8. The van der Waals surface area contributed by atoms with Crippen LogP contribution in [0, 0.1) is 33.6 Å². The molecule has 4 N–H and O–H groups in total. The van der Waals surface area contributed by atoms with Crippen molar-refractivity contribution in [1.29, 1.82) is 0 Å². The Kier molecular flexibility index (Phi) is 21.8. The van der Waals surface area contributed by atoms with E-state index in [9.17, 15) is 29.1 Å². The molecule has 4 amide bonds. The highest BCUT2D eigenvalue weighted by molar-refractivity contribution is 7.13. The standard InChI is InChI=1S/C66H81N7O12S/c1-8-71(51-19-21-80-22-20-51)57-33-50(32-55(44(57)6)62(75)68-37-56-42(4)31-43(5)70-63(56)76)46-15-17-53(18-16-46)84-29-27-82-25-23-81-24-26-83-28-30-85-59-34-47(61-45(7)69-40-86-61)13-14-48(59)36-67-64(77)58-35-52(74)39-72(58)66(79)60(41(2)3)73-38-49-11-9-10-12-54(49)65(73)78/h9-18,31-34,40-41,51-52,58,60,74H,8,19-30,35-39H2,1-7H3,(H,67,77)(H,68,75)(H,70,76)/t52-,58+,60+/m1/s1. The highest BCUT2D eigenvalue weighted by atomic mass is 32.1. The third kappa shape index (κ3) is 15.4. The molecule has 0 saturated carbocycles. The number of carbonyl (C=O) groups is 4. The number of aliphatic hydroxyl groups is 1. The summed E-state index contributed by atoms with van der Waals surface area (Å²) in [7, 11) is 0. The lowest BCUT2D eigenvalue weighted by Gasteiger charge is -2.37. The maximum atomic E-state index is 14.3. The number of rotatable bonds is 28. The predicted octanol–water partition coefficient (Wildman–Crippen LogP) is 8.10. The molecule has 0 spiro atoms. The summed E-state index contributed by atoms with van der Waals surface area (Å²) in [6, 6.07) is 25.5. The van der Waals surface area contributed by atoms with Crippen LogP contribution in [0.15, 0.2) is 95.2 Å². The molecule has 4 aromatic carbocycles. The van der Waals surface area contributed by atoms with Gasteiger partial charge in [0.05, 0.1) is 61.8 Å². The molecule has 2 aromatic heterocycles. The van der Waals surface area contributed by atoms with Gasteiger partial charge < -0.3 is 63.8 Å². The van der Waals surface area contributed by atoms with Crippen molar-refractivity contribution in [2.24, 2.45) is 5.92 Å². The Morgan fingerprint density at radius 3 is 2.16 bits per heavy atom. The number of β-amino-alcohol motifs (C(OH)–C–C–N with tert-alkyl or cyclic N) is 1. The van der Waals surface area contributed by atoms with Crippen molar-refractivity contribution in [2.75, 3.05) is 84.1 Å². The van der Waals surface area contributed by atoms with Crippen LogP contribution < -0.4 is 30.6 Å². The summed E-state index contributed by atoms with van der Waals surface area (Å²) in [6.07, 6.45) is 0.986. The number of aromatic nitrogens is 2. The second kappa shape index (κ2) is 29.8. The van der Waals surface area contributed by atoms with Gasteiger partial charge in [-0.2, -0.15) is 0 Å². The number of aryl methyl sites for hydroxylation is 3. The van der Waals surface area contributed by atoms with Crippen LogP contribution >= 0.6 is 11.3 Å². The molecule has 2 saturated heterocycles. The summed E-state index contributed by atoms with van der Waals surface area (Å²) in [5.41, 5.74) is 11.9. The van der Waals surface area contributed by atoms with Crippen LogP contribution in [-0.4, -0.2) is 152 Å². The quantitative estimate of drug-likeness (QED) is 0.0341. The summed E-state index contributed by atoms with van der Waals surface area (Å²) < 4.78 is 35.4. The van der Waals surface area contributed by atoms with Crippen LogP contribution in [0.3, 0.4) is 0 Å². The molecule has 3 aliphatic heterocycles. The third-order valence-electron chi connectivity index (χ3n) is 16.2. The first kappa shape index (κ1) is 63.1. The fourth-order valence-electron chi connectivity index (χ4n) is 11.7. The molecule has 6 aromatic rings. The Morgan fingerprint density at radius 1 is 0.814 bits per heavy atom. The molecule has 0 radical (unpaired) electrons. The van der Waals surface area contributed by atoms with Crippen molar-refractivity contribution in [3.63, 3.8) is 0 Å². The van der Waals surface area contributed by atoms with E-state index in [0.717, 1.165) is 80.3 Å². The van der Waals surface area contributed by atoms with Crippen LogP contribution in [0.25, 0.3) is 21.6 Å². The average Bonchev–Trinajstić information content (AvgIpc) is 1.71. The van der Waals surface area contributed by atoms with Gasteiger partial charge in [0.15, 0.2) is 0 Å². The number of nitrogens with one attached hydrogen (secondary N) is 3.